The van der Waals surface area contributed by atoms with Crippen LogP contribution in [-0.2, 0) is 16.3 Å². The molecule has 0 fully saturated rings. The molecule has 0 spiro atoms. The lowest BCUT2D eigenvalue weighted by Crippen LogP contribution is -2.11. The zero-order chi connectivity index (χ0) is 22.9. The van der Waals surface area contributed by atoms with Crippen molar-refractivity contribution in [3.8, 4) is 28.0 Å². The summed E-state index contributed by atoms with van der Waals surface area (Å²) in [6.07, 6.45) is -0.310. The summed E-state index contributed by atoms with van der Waals surface area (Å²) in [5, 5.41) is 0.378. The van der Waals surface area contributed by atoms with E-state index in [0.29, 0.717) is 27.6 Å². The number of aromatic nitrogens is 2. The van der Waals surface area contributed by atoms with Gasteiger partial charge in [0.15, 0.2) is 5.75 Å². The van der Waals surface area contributed by atoms with E-state index in [4.69, 9.17) is 4.18 Å². The van der Waals surface area contributed by atoms with Gasteiger partial charge in [-0.05, 0) is 47.9 Å². The Hall–Kier alpha value is -3.46. The normalized spacial score (nSPS) is 12.1. The first-order valence-electron chi connectivity index (χ1n) is 9.61. The number of halogens is 3. The maximum atomic E-state index is 13.4. The minimum Gasteiger partial charge on any atom is -0.381 e. The van der Waals surface area contributed by atoms with Crippen LogP contribution in [0.3, 0.4) is 0 Å². The van der Waals surface area contributed by atoms with Crippen molar-refractivity contribution in [3.05, 3.63) is 78.8 Å². The predicted molar refractivity (Wildman–Crippen MR) is 116 cm³/mol. The van der Waals surface area contributed by atoms with Gasteiger partial charge in [-0.2, -0.15) is 21.6 Å². The highest BCUT2D eigenvalue weighted by Gasteiger charge is 2.33. The molecule has 2 aromatic heterocycles. The smallest absolute Gasteiger partial charge is 0.381 e. The van der Waals surface area contributed by atoms with Crippen LogP contribution in [0.5, 0.6) is 5.75 Å². The Kier molecular flexibility index (Phi) is 5.60. The lowest BCUT2D eigenvalue weighted by atomic mass is 9.96. The van der Waals surface area contributed by atoms with E-state index in [1.54, 1.807) is 48.7 Å². The highest BCUT2D eigenvalue weighted by Crippen LogP contribution is 2.37. The Morgan fingerprint density at radius 2 is 1.69 bits per heavy atom. The van der Waals surface area contributed by atoms with Gasteiger partial charge >= 0.3 is 16.3 Å². The maximum Gasteiger partial charge on any atom is 0.418 e. The molecule has 2 heterocycles. The second kappa shape index (κ2) is 8.23. The van der Waals surface area contributed by atoms with E-state index in [1.165, 1.54) is 25.4 Å². The van der Waals surface area contributed by atoms with E-state index < -0.39 is 21.9 Å². The number of pyridine rings is 2. The van der Waals surface area contributed by atoms with Crippen molar-refractivity contribution in [2.45, 2.75) is 13.1 Å². The molecular formula is C23H17F3N2O3S. The van der Waals surface area contributed by atoms with E-state index in [-0.39, 0.29) is 17.0 Å². The minimum absolute atomic E-state index is 0.0823. The van der Waals surface area contributed by atoms with Crippen molar-refractivity contribution in [1.82, 2.24) is 9.97 Å². The fourth-order valence-corrected chi connectivity index (χ4v) is 3.85. The molecule has 5 nitrogen and oxygen atoms in total. The van der Waals surface area contributed by atoms with Crippen molar-refractivity contribution >= 4 is 21.0 Å². The van der Waals surface area contributed by atoms with Gasteiger partial charge in [-0.15, -0.1) is 0 Å². The van der Waals surface area contributed by atoms with Crippen LogP contribution < -0.4 is 4.18 Å². The van der Waals surface area contributed by atoms with Gasteiger partial charge in [0.2, 0.25) is 0 Å². The van der Waals surface area contributed by atoms with Crippen LogP contribution in [-0.4, -0.2) is 24.1 Å². The number of rotatable bonds is 5. The third kappa shape index (κ3) is 4.43. The number of nitrogens with zero attached hydrogens (tertiary/aromatic N) is 2. The summed E-state index contributed by atoms with van der Waals surface area (Å²) < 4.78 is 68.8. The van der Waals surface area contributed by atoms with Crippen LogP contribution in [0.2, 0.25) is 0 Å². The quantitative estimate of drug-likeness (QED) is 0.358. The Bertz CT molecular complexity index is 1400. The van der Waals surface area contributed by atoms with Crippen molar-refractivity contribution in [1.29, 1.82) is 0 Å². The summed E-state index contributed by atoms with van der Waals surface area (Å²) in [7, 11) is -3.70. The number of hydrogen-bond donors (Lipinski definition) is 0. The van der Waals surface area contributed by atoms with Gasteiger partial charge in [0.1, 0.15) is 0 Å². The summed E-state index contributed by atoms with van der Waals surface area (Å²) in [4.78, 5) is 8.01. The zero-order valence-corrected chi connectivity index (χ0v) is 17.6. The summed E-state index contributed by atoms with van der Waals surface area (Å²) in [6.45, 7) is 1.47. The standard InChI is InChI=1S/C23H17F3N2O3S/c1-2-32(29,30)31-18-12-17(13-27-14-18)15-5-3-6-16(11-15)19-9-10-28-22-20(19)7-4-8-21(22)23(24,25)26/h3-14H,2H2,1H3. The van der Waals surface area contributed by atoms with Gasteiger partial charge in [-0.1, -0.05) is 30.3 Å². The van der Waals surface area contributed by atoms with Gasteiger partial charge in [0.05, 0.1) is 23.0 Å². The molecule has 0 saturated heterocycles. The third-order valence-electron chi connectivity index (χ3n) is 4.87. The Labute approximate surface area is 182 Å². The molecule has 0 N–H and O–H groups in total. The van der Waals surface area contributed by atoms with Crippen LogP contribution in [0, 0.1) is 0 Å². The average molecular weight is 458 g/mol. The van der Waals surface area contributed by atoms with Crippen LogP contribution in [0.25, 0.3) is 33.2 Å². The monoisotopic (exact) mass is 458 g/mol. The van der Waals surface area contributed by atoms with Crippen LogP contribution >= 0.6 is 0 Å². The summed E-state index contributed by atoms with van der Waals surface area (Å²) in [5.41, 5.74) is 1.67. The summed E-state index contributed by atoms with van der Waals surface area (Å²) in [5.74, 6) is -0.0965. The van der Waals surface area contributed by atoms with Gasteiger partial charge < -0.3 is 4.18 Å². The second-order valence-electron chi connectivity index (χ2n) is 6.98. The molecule has 0 aliphatic heterocycles. The largest absolute Gasteiger partial charge is 0.418 e. The fourth-order valence-electron chi connectivity index (χ4n) is 3.35. The van der Waals surface area contributed by atoms with Crippen LogP contribution in [0.15, 0.2) is 73.2 Å². The SMILES string of the molecule is CCS(=O)(=O)Oc1cncc(-c2cccc(-c3ccnc4c(C(F)(F)F)cccc34)c2)c1. The Morgan fingerprint density at radius 1 is 0.938 bits per heavy atom. The first-order valence-corrected chi connectivity index (χ1v) is 11.2. The highest BCUT2D eigenvalue weighted by molar-refractivity contribution is 7.87. The van der Waals surface area contributed by atoms with Gasteiger partial charge in [-0.25, -0.2) is 0 Å². The molecule has 0 unspecified atom stereocenters. The topological polar surface area (TPSA) is 69.2 Å². The molecule has 4 aromatic rings. The maximum absolute atomic E-state index is 13.4. The van der Waals surface area contributed by atoms with Crippen molar-refractivity contribution in [2.75, 3.05) is 5.75 Å². The van der Waals surface area contributed by atoms with Gasteiger partial charge in [0, 0.05) is 23.3 Å². The minimum atomic E-state index is -4.52. The number of hydrogen-bond acceptors (Lipinski definition) is 5. The van der Waals surface area contributed by atoms with E-state index >= 15 is 0 Å². The average Bonchev–Trinajstić information content (AvgIpc) is 2.77. The Balaban J connectivity index is 1.79. The molecular weight excluding hydrogens is 441 g/mol. The lowest BCUT2D eigenvalue weighted by Gasteiger charge is -2.13. The molecule has 0 aliphatic rings. The first-order chi connectivity index (χ1) is 15.2. The molecule has 2 aromatic carbocycles. The Morgan fingerprint density at radius 3 is 2.44 bits per heavy atom. The van der Waals surface area contributed by atoms with Crippen LogP contribution in [0.4, 0.5) is 13.2 Å². The van der Waals surface area contributed by atoms with Crippen LogP contribution in [0.1, 0.15) is 12.5 Å². The zero-order valence-electron chi connectivity index (χ0n) is 16.8. The molecule has 0 atom stereocenters. The van der Waals surface area contributed by atoms with E-state index in [1.807, 2.05) is 0 Å². The third-order valence-corrected chi connectivity index (χ3v) is 6.03. The molecule has 164 valence electrons. The molecule has 0 saturated carbocycles. The van der Waals surface area contributed by atoms with Crippen molar-refractivity contribution in [3.63, 3.8) is 0 Å². The predicted octanol–water partition coefficient (Wildman–Crippen LogP) is 5.71. The molecule has 4 rings (SSSR count). The molecule has 0 bridgehead atoms. The summed E-state index contributed by atoms with van der Waals surface area (Å²) in [6, 6.07) is 14.3. The number of alkyl halides is 3. The van der Waals surface area contributed by atoms with E-state index in [9.17, 15) is 21.6 Å². The second-order valence-corrected chi connectivity index (χ2v) is 8.84. The molecule has 9 heteroatoms. The molecule has 32 heavy (non-hydrogen) atoms. The fraction of sp³-hybridized carbons (Fsp3) is 0.130. The number of benzene rings is 2. The van der Waals surface area contributed by atoms with Crippen molar-refractivity contribution in [2.24, 2.45) is 0 Å². The molecule has 0 amide bonds. The first kappa shape index (κ1) is 21.8. The number of fused-ring (bicyclic) bond motifs is 1. The van der Waals surface area contributed by atoms with Gasteiger partial charge in [0.25, 0.3) is 0 Å². The number of para-hydroxylation sites is 1. The van der Waals surface area contributed by atoms with Gasteiger partial charge in [-0.3, -0.25) is 9.97 Å². The lowest BCUT2D eigenvalue weighted by molar-refractivity contribution is -0.136. The molecule has 0 radical (unpaired) electrons. The van der Waals surface area contributed by atoms with E-state index in [2.05, 4.69) is 9.97 Å². The molecule has 0 aliphatic carbocycles. The summed E-state index contributed by atoms with van der Waals surface area (Å²) >= 11 is 0. The van der Waals surface area contributed by atoms with Crippen molar-refractivity contribution < 1.29 is 25.8 Å². The highest BCUT2D eigenvalue weighted by atomic mass is 32.2. The van der Waals surface area contributed by atoms with E-state index in [0.717, 1.165) is 6.07 Å².